The highest BCUT2D eigenvalue weighted by Crippen LogP contribution is 2.30. The number of aliphatic hydroxyl groups excluding tert-OH is 1. The van der Waals surface area contributed by atoms with Crippen molar-refractivity contribution >= 4 is 44.9 Å². The Morgan fingerprint density at radius 1 is 1.23 bits per heavy atom. The summed E-state index contributed by atoms with van der Waals surface area (Å²) in [6.07, 6.45) is -0.645. The predicted octanol–water partition coefficient (Wildman–Crippen LogP) is 4.06. The van der Waals surface area contributed by atoms with E-state index in [1.165, 1.54) is 29.2 Å². The van der Waals surface area contributed by atoms with E-state index in [0.717, 1.165) is 0 Å². The van der Waals surface area contributed by atoms with Gasteiger partial charge in [0.15, 0.2) is 5.76 Å². The van der Waals surface area contributed by atoms with Gasteiger partial charge < -0.3 is 29.5 Å². The van der Waals surface area contributed by atoms with Gasteiger partial charge in [0.05, 0.1) is 30.5 Å². The first-order valence-corrected chi connectivity index (χ1v) is 15.6. The molecule has 12 nitrogen and oxygen atoms in total. The zero-order chi connectivity index (χ0) is 31.5. The van der Waals surface area contributed by atoms with E-state index in [2.05, 4.69) is 15.2 Å². The van der Waals surface area contributed by atoms with Crippen molar-refractivity contribution in [3.05, 3.63) is 64.5 Å². The normalized spacial score (nSPS) is 18.0. The lowest BCUT2D eigenvalue weighted by molar-refractivity contribution is -0.134. The third-order valence-corrected chi connectivity index (χ3v) is 9.01. The number of nitrogens with one attached hydrogen (secondary N) is 2. The van der Waals surface area contributed by atoms with Crippen molar-refractivity contribution in [2.45, 2.75) is 51.2 Å². The number of anilines is 2. The first-order chi connectivity index (χ1) is 20.3. The Morgan fingerprint density at radius 2 is 1.93 bits per heavy atom. The first-order valence-electron chi connectivity index (χ1n) is 13.7. The minimum Gasteiger partial charge on any atom is -0.488 e. The lowest BCUT2D eigenvalue weighted by Crippen LogP contribution is -2.48. The smallest absolute Gasteiger partial charge is 0.321 e. The van der Waals surface area contributed by atoms with E-state index < -0.39 is 28.2 Å². The number of rotatable bonds is 8. The Bertz CT molecular complexity index is 1560. The molecule has 0 saturated heterocycles. The molecular weight excluding hydrogens is 598 g/mol. The fraction of sp³-hybridized carbons (Fsp3) is 0.414. The highest BCUT2D eigenvalue weighted by Gasteiger charge is 2.32. The van der Waals surface area contributed by atoms with Gasteiger partial charge in [0.25, 0.3) is 10.0 Å². The number of nitrogens with zero attached hydrogens (tertiary/aromatic N) is 3. The third-order valence-electron chi connectivity index (χ3n) is 7.36. The molecule has 2 heterocycles. The number of halogens is 1. The van der Waals surface area contributed by atoms with Crippen LogP contribution in [0.2, 0.25) is 5.02 Å². The van der Waals surface area contributed by atoms with Gasteiger partial charge in [0.2, 0.25) is 5.91 Å². The minimum atomic E-state index is -3.93. The number of likely N-dealkylation sites (N-methyl/N-ethyl adjacent to an activating group) is 1. The Labute approximate surface area is 256 Å². The van der Waals surface area contributed by atoms with Gasteiger partial charge in [-0.05, 0) is 63.2 Å². The Balaban J connectivity index is 1.62. The van der Waals surface area contributed by atoms with Gasteiger partial charge >= 0.3 is 6.03 Å². The van der Waals surface area contributed by atoms with Crippen molar-refractivity contribution in [3.8, 4) is 5.75 Å². The van der Waals surface area contributed by atoms with E-state index in [-0.39, 0.29) is 48.5 Å². The number of hydrogen-bond acceptors (Lipinski definition) is 8. The fourth-order valence-electron chi connectivity index (χ4n) is 4.76. The minimum absolute atomic E-state index is 0.0301. The van der Waals surface area contributed by atoms with Crippen molar-refractivity contribution in [3.63, 3.8) is 0 Å². The molecule has 3 N–H and O–H groups in total. The van der Waals surface area contributed by atoms with Crippen LogP contribution in [-0.2, 0) is 21.2 Å². The van der Waals surface area contributed by atoms with E-state index in [4.69, 9.17) is 20.9 Å². The summed E-state index contributed by atoms with van der Waals surface area (Å²) < 4.78 is 40.1. The molecule has 3 amide bonds. The molecule has 1 aromatic heterocycles. The number of sulfonamides is 1. The molecule has 43 heavy (non-hydrogen) atoms. The Kier molecular flexibility index (Phi) is 9.88. The summed E-state index contributed by atoms with van der Waals surface area (Å²) >= 11 is 5.90. The van der Waals surface area contributed by atoms with Crippen LogP contribution in [0.3, 0.4) is 0 Å². The summed E-state index contributed by atoms with van der Waals surface area (Å²) in [5.74, 6) is 0.370. The summed E-state index contributed by atoms with van der Waals surface area (Å²) in [4.78, 5) is 29.6. The SMILES string of the molecule is Cc1noc(C)c1NC(=O)N(C)C[C@@H]1Oc2ccc(NS(=O)(=O)c3ccc(Cl)cc3)cc2CC(=O)N([C@H](C)CO)C[C@@H]1C. The van der Waals surface area contributed by atoms with Gasteiger partial charge in [-0.25, -0.2) is 13.2 Å². The van der Waals surface area contributed by atoms with Gasteiger partial charge in [0, 0.05) is 35.8 Å². The summed E-state index contributed by atoms with van der Waals surface area (Å²) in [5.41, 5.74) is 1.74. The van der Waals surface area contributed by atoms with Gasteiger partial charge in [-0.2, -0.15) is 0 Å². The number of aliphatic hydroxyl groups is 1. The topological polar surface area (TPSA) is 154 Å². The zero-order valence-electron chi connectivity index (χ0n) is 24.6. The molecule has 0 bridgehead atoms. The molecular formula is C29H36ClN5O7S. The van der Waals surface area contributed by atoms with Gasteiger partial charge in [-0.1, -0.05) is 23.7 Å². The molecule has 1 aliphatic rings. The molecule has 0 radical (unpaired) electrons. The van der Waals surface area contributed by atoms with E-state index in [0.29, 0.717) is 33.5 Å². The Morgan fingerprint density at radius 3 is 2.56 bits per heavy atom. The number of aromatic nitrogens is 1. The maximum atomic E-state index is 13.5. The maximum Gasteiger partial charge on any atom is 0.321 e. The molecule has 2 aromatic carbocycles. The second kappa shape index (κ2) is 13.2. The van der Waals surface area contributed by atoms with Crippen molar-refractivity contribution in [1.29, 1.82) is 0 Å². The second-order valence-corrected chi connectivity index (χ2v) is 12.9. The van der Waals surface area contributed by atoms with Crippen LogP contribution in [0.5, 0.6) is 5.75 Å². The van der Waals surface area contributed by atoms with Crippen molar-refractivity contribution in [1.82, 2.24) is 15.0 Å². The summed E-state index contributed by atoms with van der Waals surface area (Å²) in [5, 5.41) is 17.0. The second-order valence-electron chi connectivity index (χ2n) is 10.8. The average molecular weight is 634 g/mol. The number of hydrogen-bond donors (Lipinski definition) is 3. The number of benzene rings is 2. The molecule has 232 valence electrons. The number of fused-ring (bicyclic) bond motifs is 1. The molecule has 4 rings (SSSR count). The number of carbonyl (C=O) groups is 2. The van der Waals surface area contributed by atoms with Crippen LogP contribution >= 0.6 is 11.6 Å². The van der Waals surface area contributed by atoms with Crippen LogP contribution in [0, 0.1) is 19.8 Å². The standard InChI is InChI=1S/C29H36ClN5O7S/c1-17-14-35(18(2)16-36)27(37)13-21-12-23(33-43(39,40)24-9-6-22(30)7-10-24)8-11-25(21)41-26(17)15-34(5)29(38)31-28-19(3)32-42-20(28)4/h6-12,17-18,26,33,36H,13-16H2,1-5H3,(H,31,38)/t17-,18+,26-/m0/s1. The van der Waals surface area contributed by atoms with E-state index in [9.17, 15) is 23.1 Å². The molecule has 0 aliphatic carbocycles. The predicted molar refractivity (Wildman–Crippen MR) is 162 cm³/mol. The van der Waals surface area contributed by atoms with Gasteiger partial charge in [-0.3, -0.25) is 9.52 Å². The highest BCUT2D eigenvalue weighted by molar-refractivity contribution is 7.92. The molecule has 3 atom stereocenters. The highest BCUT2D eigenvalue weighted by atomic mass is 35.5. The number of aryl methyl sites for hydroxylation is 2. The van der Waals surface area contributed by atoms with Crippen LogP contribution in [0.15, 0.2) is 51.9 Å². The van der Waals surface area contributed by atoms with Crippen LogP contribution in [0.1, 0.15) is 30.9 Å². The van der Waals surface area contributed by atoms with Crippen molar-refractivity contribution in [2.75, 3.05) is 36.8 Å². The molecule has 1 aliphatic heterocycles. The van der Waals surface area contributed by atoms with Crippen molar-refractivity contribution < 1.29 is 32.4 Å². The molecule has 0 fully saturated rings. The largest absolute Gasteiger partial charge is 0.488 e. The van der Waals surface area contributed by atoms with Crippen LogP contribution in [0.4, 0.5) is 16.2 Å². The number of ether oxygens (including phenoxy) is 1. The average Bonchev–Trinajstić information content (AvgIpc) is 3.29. The first kappa shape index (κ1) is 32.1. The fourth-order valence-corrected chi connectivity index (χ4v) is 5.93. The van der Waals surface area contributed by atoms with Crippen LogP contribution in [-0.4, -0.2) is 79.3 Å². The summed E-state index contributed by atoms with van der Waals surface area (Å²) in [6, 6.07) is 9.62. The lowest BCUT2D eigenvalue weighted by atomic mass is 10.0. The van der Waals surface area contributed by atoms with Gasteiger partial charge in [-0.15, -0.1) is 0 Å². The van der Waals surface area contributed by atoms with Crippen LogP contribution < -0.4 is 14.8 Å². The lowest BCUT2D eigenvalue weighted by Gasteiger charge is -2.34. The molecule has 14 heteroatoms. The maximum absolute atomic E-state index is 13.5. The zero-order valence-corrected chi connectivity index (χ0v) is 26.2. The molecule has 0 unspecified atom stereocenters. The quantitative estimate of drug-likeness (QED) is 0.336. The van der Waals surface area contributed by atoms with E-state index in [1.807, 2.05) is 6.92 Å². The van der Waals surface area contributed by atoms with Crippen LogP contribution in [0.25, 0.3) is 0 Å². The number of urea groups is 1. The summed E-state index contributed by atoms with van der Waals surface area (Å²) in [7, 11) is -2.30. The molecule has 0 saturated carbocycles. The summed E-state index contributed by atoms with van der Waals surface area (Å²) in [6.45, 7) is 7.29. The Hall–Kier alpha value is -3.81. The monoisotopic (exact) mass is 633 g/mol. The number of carbonyl (C=O) groups excluding carboxylic acids is 2. The number of amides is 3. The third kappa shape index (κ3) is 7.59. The van der Waals surface area contributed by atoms with Gasteiger partial charge in [0.1, 0.15) is 23.2 Å². The van der Waals surface area contributed by atoms with E-state index >= 15 is 0 Å². The van der Waals surface area contributed by atoms with Crippen molar-refractivity contribution in [2.24, 2.45) is 5.92 Å². The molecule has 3 aromatic rings. The molecule has 0 spiro atoms. The van der Waals surface area contributed by atoms with E-state index in [1.54, 1.807) is 50.9 Å².